The van der Waals surface area contributed by atoms with Crippen molar-refractivity contribution >= 4 is 16.7 Å². The highest BCUT2D eigenvalue weighted by Gasteiger charge is 2.15. The molecule has 5 nitrogen and oxygen atoms in total. The number of carbonyl (C=O) groups excluding carboxylic acids is 1. The number of carbonyl (C=O) groups is 1. The first-order valence-electron chi connectivity index (χ1n) is 7.74. The third-order valence-electron chi connectivity index (χ3n) is 3.76. The molecule has 3 rings (SSSR count). The molecule has 0 fully saturated rings. The summed E-state index contributed by atoms with van der Waals surface area (Å²) in [5, 5.41) is 11.1. The molecule has 0 aliphatic heterocycles. The molecule has 0 saturated heterocycles. The van der Waals surface area contributed by atoms with Gasteiger partial charge in [-0.3, -0.25) is 4.79 Å². The molecule has 124 valence electrons. The monoisotopic (exact) mass is 325 g/mol. The summed E-state index contributed by atoms with van der Waals surface area (Å²) in [5.74, 6) is 1.29. The molecule has 5 heteroatoms. The van der Waals surface area contributed by atoms with Crippen LogP contribution in [-0.4, -0.2) is 36.1 Å². The normalized spacial score (nSPS) is 10.8. The molecule has 0 aliphatic carbocycles. The molecule has 0 radical (unpaired) electrons. The molecule has 1 heterocycles. The number of rotatable bonds is 6. The zero-order valence-electron chi connectivity index (χ0n) is 13.4. The van der Waals surface area contributed by atoms with Crippen LogP contribution >= 0.6 is 0 Å². The minimum absolute atomic E-state index is 0.0825. The van der Waals surface area contributed by atoms with Crippen LogP contribution in [0.25, 0.3) is 10.8 Å². The first-order chi connectivity index (χ1) is 11.7. The Morgan fingerprint density at radius 1 is 1.12 bits per heavy atom. The zero-order valence-corrected chi connectivity index (χ0v) is 13.4. The van der Waals surface area contributed by atoms with Crippen molar-refractivity contribution in [1.82, 2.24) is 4.90 Å². The first kappa shape index (κ1) is 16.1. The van der Waals surface area contributed by atoms with E-state index in [1.54, 1.807) is 19.2 Å². The van der Waals surface area contributed by atoms with Crippen molar-refractivity contribution < 1.29 is 19.1 Å². The van der Waals surface area contributed by atoms with Crippen LogP contribution in [0.4, 0.5) is 0 Å². The number of hydrogen-bond donors (Lipinski definition) is 1. The van der Waals surface area contributed by atoms with E-state index in [9.17, 15) is 4.79 Å². The van der Waals surface area contributed by atoms with Crippen LogP contribution in [-0.2, 0) is 6.61 Å². The van der Waals surface area contributed by atoms with Crippen LogP contribution in [0.5, 0.6) is 5.75 Å². The Morgan fingerprint density at radius 2 is 1.92 bits per heavy atom. The van der Waals surface area contributed by atoms with Gasteiger partial charge in [-0.1, -0.05) is 30.3 Å². The number of nitrogens with zero attached hydrogens (tertiary/aromatic N) is 1. The Balaban J connectivity index is 1.65. The summed E-state index contributed by atoms with van der Waals surface area (Å²) in [4.78, 5) is 13.5. The maximum Gasteiger partial charge on any atom is 0.289 e. The predicted octanol–water partition coefficient (Wildman–Crippen LogP) is 3.08. The summed E-state index contributed by atoms with van der Waals surface area (Å²) < 4.78 is 11.3. The lowest BCUT2D eigenvalue weighted by molar-refractivity contribution is 0.0731. The quantitative estimate of drug-likeness (QED) is 0.756. The third-order valence-corrected chi connectivity index (χ3v) is 3.76. The van der Waals surface area contributed by atoms with E-state index in [-0.39, 0.29) is 31.4 Å². The number of likely N-dealkylation sites (N-methyl/N-ethyl adjacent to an activating group) is 1. The van der Waals surface area contributed by atoms with Gasteiger partial charge in [-0.15, -0.1) is 0 Å². The number of furan rings is 1. The average molecular weight is 325 g/mol. The van der Waals surface area contributed by atoms with Crippen molar-refractivity contribution in [1.29, 1.82) is 0 Å². The summed E-state index contributed by atoms with van der Waals surface area (Å²) in [7, 11) is 1.62. The lowest BCUT2D eigenvalue weighted by atomic mass is 10.1. The second-order valence-electron chi connectivity index (χ2n) is 5.51. The van der Waals surface area contributed by atoms with E-state index in [0.29, 0.717) is 5.76 Å². The second kappa shape index (κ2) is 7.19. The largest absolute Gasteiger partial charge is 0.486 e. The fourth-order valence-electron chi connectivity index (χ4n) is 2.42. The Labute approximate surface area is 140 Å². The van der Waals surface area contributed by atoms with E-state index >= 15 is 0 Å². The van der Waals surface area contributed by atoms with E-state index in [2.05, 4.69) is 0 Å². The smallest absolute Gasteiger partial charge is 0.289 e. The molecular formula is C19H19NO4. The molecule has 0 unspecified atom stereocenters. The van der Waals surface area contributed by atoms with Crippen molar-refractivity contribution in [2.45, 2.75) is 6.61 Å². The van der Waals surface area contributed by atoms with Gasteiger partial charge in [-0.05, 0) is 35.0 Å². The molecule has 1 N–H and O–H groups in total. The van der Waals surface area contributed by atoms with Gasteiger partial charge in [0.2, 0.25) is 0 Å². The highest BCUT2D eigenvalue weighted by atomic mass is 16.5. The summed E-state index contributed by atoms with van der Waals surface area (Å²) in [5.41, 5.74) is 0. The van der Waals surface area contributed by atoms with Gasteiger partial charge in [0.25, 0.3) is 5.91 Å². The standard InChI is InChI=1S/C19H19NO4/c1-20(10-11-21)19(22)18-9-8-17(24-18)13-23-16-7-6-14-4-2-3-5-15(14)12-16/h2-9,12,21H,10-11,13H2,1H3. The van der Waals surface area contributed by atoms with Gasteiger partial charge in [0.1, 0.15) is 18.1 Å². The molecular weight excluding hydrogens is 306 g/mol. The van der Waals surface area contributed by atoms with E-state index in [1.807, 2.05) is 42.5 Å². The maximum atomic E-state index is 12.0. The summed E-state index contributed by atoms with van der Waals surface area (Å²) >= 11 is 0. The van der Waals surface area contributed by atoms with Gasteiger partial charge in [-0.2, -0.15) is 0 Å². The predicted molar refractivity (Wildman–Crippen MR) is 91.0 cm³/mol. The van der Waals surface area contributed by atoms with Crippen molar-refractivity contribution in [2.24, 2.45) is 0 Å². The van der Waals surface area contributed by atoms with Crippen LogP contribution in [0.1, 0.15) is 16.3 Å². The molecule has 0 bridgehead atoms. The fraction of sp³-hybridized carbons (Fsp3) is 0.211. The summed E-state index contributed by atoms with van der Waals surface area (Å²) in [6, 6.07) is 17.3. The Kier molecular flexibility index (Phi) is 4.82. The number of aliphatic hydroxyl groups excluding tert-OH is 1. The van der Waals surface area contributed by atoms with Crippen molar-refractivity contribution in [2.75, 3.05) is 20.2 Å². The highest BCUT2D eigenvalue weighted by Crippen LogP contribution is 2.22. The lowest BCUT2D eigenvalue weighted by Gasteiger charge is -2.13. The molecule has 2 aromatic carbocycles. The van der Waals surface area contributed by atoms with Crippen molar-refractivity contribution in [3.05, 3.63) is 66.1 Å². The molecule has 0 aliphatic rings. The van der Waals surface area contributed by atoms with Crippen LogP contribution in [0.15, 0.2) is 59.0 Å². The van der Waals surface area contributed by atoms with Crippen molar-refractivity contribution in [3.63, 3.8) is 0 Å². The maximum absolute atomic E-state index is 12.0. The first-order valence-corrected chi connectivity index (χ1v) is 7.74. The van der Waals surface area contributed by atoms with E-state index in [0.717, 1.165) is 16.5 Å². The topological polar surface area (TPSA) is 62.9 Å². The highest BCUT2D eigenvalue weighted by molar-refractivity contribution is 5.91. The van der Waals surface area contributed by atoms with Crippen LogP contribution in [0.3, 0.4) is 0 Å². The lowest BCUT2D eigenvalue weighted by Crippen LogP contribution is -2.29. The molecule has 24 heavy (non-hydrogen) atoms. The van der Waals surface area contributed by atoms with Gasteiger partial charge in [0.05, 0.1) is 6.61 Å². The molecule has 3 aromatic rings. The summed E-state index contributed by atoms with van der Waals surface area (Å²) in [6.45, 7) is 0.429. The van der Waals surface area contributed by atoms with E-state index in [1.165, 1.54) is 4.90 Å². The SMILES string of the molecule is CN(CCO)C(=O)c1ccc(COc2ccc3ccccc3c2)o1. The van der Waals surface area contributed by atoms with Crippen LogP contribution in [0, 0.1) is 0 Å². The van der Waals surface area contributed by atoms with Gasteiger partial charge < -0.3 is 19.2 Å². The minimum atomic E-state index is -0.263. The average Bonchev–Trinajstić information content (AvgIpc) is 3.08. The molecule has 0 saturated carbocycles. The number of aliphatic hydroxyl groups is 1. The van der Waals surface area contributed by atoms with E-state index < -0.39 is 0 Å². The van der Waals surface area contributed by atoms with Crippen LogP contribution in [0.2, 0.25) is 0 Å². The molecule has 1 aromatic heterocycles. The minimum Gasteiger partial charge on any atom is -0.486 e. The zero-order chi connectivity index (χ0) is 16.9. The summed E-state index contributed by atoms with van der Waals surface area (Å²) in [6.07, 6.45) is 0. The van der Waals surface area contributed by atoms with Crippen molar-refractivity contribution in [3.8, 4) is 5.75 Å². The Morgan fingerprint density at radius 3 is 2.71 bits per heavy atom. The number of amides is 1. The number of hydrogen-bond acceptors (Lipinski definition) is 4. The Bertz CT molecular complexity index is 840. The van der Waals surface area contributed by atoms with Gasteiger partial charge in [-0.25, -0.2) is 0 Å². The number of ether oxygens (including phenoxy) is 1. The molecule has 1 amide bonds. The third kappa shape index (κ3) is 3.58. The number of benzene rings is 2. The van der Waals surface area contributed by atoms with E-state index in [4.69, 9.17) is 14.3 Å². The Hall–Kier alpha value is -2.79. The van der Waals surface area contributed by atoms with Crippen LogP contribution < -0.4 is 4.74 Å². The molecule has 0 atom stereocenters. The number of fused-ring (bicyclic) bond motifs is 1. The fourth-order valence-corrected chi connectivity index (χ4v) is 2.42. The second-order valence-corrected chi connectivity index (χ2v) is 5.51. The van der Waals surface area contributed by atoms with Gasteiger partial charge in [0, 0.05) is 13.6 Å². The molecule has 0 spiro atoms. The van der Waals surface area contributed by atoms with Gasteiger partial charge in [0.15, 0.2) is 5.76 Å². The van der Waals surface area contributed by atoms with Gasteiger partial charge >= 0.3 is 0 Å².